The largest absolute Gasteiger partial charge is 0.368 e. The van der Waals surface area contributed by atoms with E-state index in [4.69, 9.17) is 16.3 Å². The summed E-state index contributed by atoms with van der Waals surface area (Å²) in [4.78, 5) is 16.6. The van der Waals surface area contributed by atoms with Crippen molar-refractivity contribution >= 4 is 17.5 Å². The van der Waals surface area contributed by atoms with Gasteiger partial charge in [0.2, 0.25) is 0 Å². The maximum atomic E-state index is 12.4. The number of fused-ring (bicyclic) bond motifs is 3. The number of aromatic nitrogens is 3. The first-order chi connectivity index (χ1) is 13.6. The lowest BCUT2D eigenvalue weighted by atomic mass is 9.95. The molecular formula is C20H24ClN5O2. The first kappa shape index (κ1) is 18.1. The van der Waals surface area contributed by atoms with Gasteiger partial charge in [-0.25, -0.2) is 0 Å². The summed E-state index contributed by atoms with van der Waals surface area (Å²) in [7, 11) is 2.08. The van der Waals surface area contributed by atoms with E-state index in [0.29, 0.717) is 12.5 Å². The third-order valence-corrected chi connectivity index (χ3v) is 6.27. The van der Waals surface area contributed by atoms with Crippen LogP contribution in [0.15, 0.2) is 18.2 Å². The van der Waals surface area contributed by atoms with Gasteiger partial charge >= 0.3 is 0 Å². The topological polar surface area (TPSA) is 63.5 Å². The number of carbonyl (C=O) groups excluding carboxylic acids is 1. The summed E-state index contributed by atoms with van der Waals surface area (Å²) >= 11 is 6.25. The number of hydrogen-bond donors (Lipinski definition) is 0. The van der Waals surface area contributed by atoms with Crippen LogP contribution in [0.1, 0.15) is 42.4 Å². The smallest absolute Gasteiger partial charge is 0.251 e. The summed E-state index contributed by atoms with van der Waals surface area (Å²) in [6.07, 6.45) is 2.43. The lowest BCUT2D eigenvalue weighted by molar-refractivity contribution is -0.157. The Bertz CT molecular complexity index is 902. The number of hydrogen-bond acceptors (Lipinski definition) is 5. The van der Waals surface area contributed by atoms with Crippen molar-refractivity contribution in [1.82, 2.24) is 24.6 Å². The van der Waals surface area contributed by atoms with Crippen molar-refractivity contribution in [2.75, 3.05) is 26.7 Å². The Morgan fingerprint density at radius 1 is 1.18 bits per heavy atom. The van der Waals surface area contributed by atoms with Crippen molar-refractivity contribution in [3.8, 4) is 5.69 Å². The predicted molar refractivity (Wildman–Crippen MR) is 104 cm³/mol. The number of amides is 1. The minimum absolute atomic E-state index is 0.145. The van der Waals surface area contributed by atoms with E-state index in [2.05, 4.69) is 32.8 Å². The number of ether oxygens (including phenoxy) is 1. The third-order valence-electron chi connectivity index (χ3n) is 6.04. The first-order valence-corrected chi connectivity index (χ1v) is 10.3. The lowest BCUT2D eigenvalue weighted by Crippen LogP contribution is -2.48. The molecule has 0 bridgehead atoms. The van der Waals surface area contributed by atoms with Crippen LogP contribution in [0.4, 0.5) is 0 Å². The zero-order valence-electron chi connectivity index (χ0n) is 16.0. The maximum absolute atomic E-state index is 12.4. The van der Waals surface area contributed by atoms with E-state index in [1.54, 1.807) is 0 Å². The number of piperidine rings is 1. The Hall–Kier alpha value is -1.96. The summed E-state index contributed by atoms with van der Waals surface area (Å²) in [6, 6.07) is 6.03. The summed E-state index contributed by atoms with van der Waals surface area (Å²) in [5, 5.41) is 9.83. The Balaban J connectivity index is 1.41. The van der Waals surface area contributed by atoms with Crippen LogP contribution in [0.25, 0.3) is 5.69 Å². The second-order valence-electron chi connectivity index (χ2n) is 8.00. The fraction of sp³-hybridized carbons (Fsp3) is 0.550. The van der Waals surface area contributed by atoms with Gasteiger partial charge in [-0.15, -0.1) is 10.2 Å². The Morgan fingerprint density at radius 3 is 2.68 bits per heavy atom. The Morgan fingerprint density at radius 2 is 1.96 bits per heavy atom. The molecule has 1 unspecified atom stereocenters. The van der Waals surface area contributed by atoms with Crippen molar-refractivity contribution in [2.45, 2.75) is 44.4 Å². The van der Waals surface area contributed by atoms with E-state index >= 15 is 0 Å². The standard InChI is InChI=1S/C20H24ClN5O2/c1-24-11-14-10-15(21)2-3-16(14)26-18(12-24)22-23-19(26)13-4-7-25(8-5-13)20(27)17-6-9-28-17/h2-3,10,13,17H,4-9,11-12H2,1H3. The van der Waals surface area contributed by atoms with E-state index in [-0.39, 0.29) is 12.0 Å². The van der Waals surface area contributed by atoms with Gasteiger partial charge in [-0.3, -0.25) is 14.3 Å². The second kappa shape index (κ2) is 7.13. The fourth-order valence-corrected chi connectivity index (χ4v) is 4.63. The fourth-order valence-electron chi connectivity index (χ4n) is 4.44. The van der Waals surface area contributed by atoms with Crippen molar-refractivity contribution in [3.05, 3.63) is 40.4 Å². The molecule has 0 N–H and O–H groups in total. The van der Waals surface area contributed by atoms with Crippen LogP contribution in [0, 0.1) is 0 Å². The first-order valence-electron chi connectivity index (χ1n) is 9.92. The Labute approximate surface area is 169 Å². The summed E-state index contributed by atoms with van der Waals surface area (Å²) in [6.45, 7) is 3.77. The third kappa shape index (κ3) is 3.11. The van der Waals surface area contributed by atoms with Gasteiger partial charge in [-0.2, -0.15) is 0 Å². The van der Waals surface area contributed by atoms with Gasteiger partial charge in [-0.1, -0.05) is 11.6 Å². The molecule has 3 aliphatic rings. The van der Waals surface area contributed by atoms with Crippen LogP contribution in [0.5, 0.6) is 0 Å². The van der Waals surface area contributed by atoms with E-state index in [1.165, 1.54) is 5.56 Å². The van der Waals surface area contributed by atoms with E-state index < -0.39 is 0 Å². The molecule has 2 fully saturated rings. The number of likely N-dealkylation sites (tertiary alicyclic amines) is 1. The number of carbonyl (C=O) groups is 1. The van der Waals surface area contributed by atoms with Crippen molar-refractivity contribution < 1.29 is 9.53 Å². The highest BCUT2D eigenvalue weighted by atomic mass is 35.5. The summed E-state index contributed by atoms with van der Waals surface area (Å²) < 4.78 is 7.57. The monoisotopic (exact) mass is 401 g/mol. The molecule has 0 aliphatic carbocycles. The van der Waals surface area contributed by atoms with Gasteiger partial charge in [0, 0.05) is 37.0 Å². The lowest BCUT2D eigenvalue weighted by Gasteiger charge is -2.36. The highest BCUT2D eigenvalue weighted by Gasteiger charge is 2.35. The number of nitrogens with zero attached hydrogens (tertiary/aromatic N) is 5. The molecule has 28 heavy (non-hydrogen) atoms. The van der Waals surface area contributed by atoms with Crippen LogP contribution in [0.2, 0.25) is 5.02 Å². The van der Waals surface area contributed by atoms with Gasteiger partial charge in [0.15, 0.2) is 5.82 Å². The molecule has 1 aromatic heterocycles. The zero-order valence-corrected chi connectivity index (χ0v) is 16.7. The molecule has 5 rings (SSSR count). The van der Waals surface area contributed by atoms with Gasteiger partial charge < -0.3 is 9.64 Å². The summed E-state index contributed by atoms with van der Waals surface area (Å²) in [5.41, 5.74) is 2.30. The Kier molecular flexibility index (Phi) is 4.61. The average molecular weight is 402 g/mol. The number of benzene rings is 1. The minimum atomic E-state index is -0.215. The molecule has 0 saturated carbocycles. The second-order valence-corrected chi connectivity index (χ2v) is 8.44. The molecule has 2 aromatic rings. The predicted octanol–water partition coefficient (Wildman–Crippen LogP) is 2.36. The van der Waals surface area contributed by atoms with Crippen LogP contribution >= 0.6 is 11.6 Å². The van der Waals surface area contributed by atoms with Crippen LogP contribution < -0.4 is 0 Å². The molecule has 1 atom stereocenters. The highest BCUT2D eigenvalue weighted by Crippen LogP contribution is 2.33. The SMILES string of the molecule is CN1Cc2cc(Cl)ccc2-n2c(nnc2C2CCN(C(=O)C3CCO3)CC2)C1. The van der Waals surface area contributed by atoms with Crippen molar-refractivity contribution in [1.29, 1.82) is 0 Å². The molecule has 4 heterocycles. The molecule has 7 nitrogen and oxygen atoms in total. The number of rotatable bonds is 2. The maximum Gasteiger partial charge on any atom is 0.251 e. The highest BCUT2D eigenvalue weighted by molar-refractivity contribution is 6.30. The molecule has 2 saturated heterocycles. The molecule has 3 aliphatic heterocycles. The summed E-state index contributed by atoms with van der Waals surface area (Å²) in [5.74, 6) is 2.40. The van der Waals surface area contributed by atoms with Gasteiger partial charge in [0.25, 0.3) is 5.91 Å². The molecule has 8 heteroatoms. The molecule has 1 amide bonds. The number of halogens is 1. The quantitative estimate of drug-likeness (QED) is 0.773. The van der Waals surface area contributed by atoms with E-state index in [9.17, 15) is 4.79 Å². The normalized spacial score (nSPS) is 22.9. The van der Waals surface area contributed by atoms with Crippen LogP contribution in [0.3, 0.4) is 0 Å². The molecule has 0 spiro atoms. The molecule has 148 valence electrons. The van der Waals surface area contributed by atoms with Gasteiger partial charge in [0.05, 0.1) is 18.8 Å². The molecule has 1 aromatic carbocycles. The van der Waals surface area contributed by atoms with Gasteiger partial charge in [-0.05, 0) is 43.7 Å². The zero-order chi connectivity index (χ0) is 19.3. The van der Waals surface area contributed by atoms with Crippen molar-refractivity contribution in [2.24, 2.45) is 0 Å². The van der Waals surface area contributed by atoms with Crippen molar-refractivity contribution in [3.63, 3.8) is 0 Å². The molecule has 0 radical (unpaired) electrons. The van der Waals surface area contributed by atoms with Crippen LogP contribution in [-0.4, -0.2) is 63.3 Å². The van der Waals surface area contributed by atoms with E-state index in [1.807, 2.05) is 17.0 Å². The van der Waals surface area contributed by atoms with Gasteiger partial charge in [0.1, 0.15) is 11.9 Å². The average Bonchev–Trinajstić information content (AvgIpc) is 2.97. The minimum Gasteiger partial charge on any atom is -0.368 e. The van der Waals surface area contributed by atoms with E-state index in [0.717, 1.165) is 67.8 Å². The molecular weight excluding hydrogens is 378 g/mol. The van der Waals surface area contributed by atoms with Crippen LogP contribution in [-0.2, 0) is 22.6 Å².